The highest BCUT2D eigenvalue weighted by atomic mass is 19.1. The lowest BCUT2D eigenvalue weighted by atomic mass is 10.1. The first kappa shape index (κ1) is 14.6. The lowest BCUT2D eigenvalue weighted by molar-refractivity contribution is -0.127. The molecule has 1 atom stereocenters. The van der Waals surface area contributed by atoms with Crippen LogP contribution < -0.4 is 11.1 Å². The fourth-order valence-corrected chi connectivity index (χ4v) is 1.57. The third-order valence-corrected chi connectivity index (χ3v) is 2.48. The number of primary amides is 1. The maximum atomic E-state index is 12.9. The van der Waals surface area contributed by atoms with E-state index < -0.39 is 23.7 Å². The van der Waals surface area contributed by atoms with E-state index in [9.17, 15) is 14.0 Å². The fourth-order valence-electron chi connectivity index (χ4n) is 1.57. The number of hydrogen-bond acceptors (Lipinski definition) is 3. The van der Waals surface area contributed by atoms with Gasteiger partial charge in [-0.3, -0.25) is 9.59 Å². The van der Waals surface area contributed by atoms with Crippen LogP contribution >= 0.6 is 0 Å². The predicted octanol–water partition coefficient (Wildman–Crippen LogP) is 0.642. The number of nitrogens with zero attached hydrogens (tertiary/aromatic N) is 1. The Kier molecular flexibility index (Phi) is 5.48. The smallest absolute Gasteiger partial charge is 0.240 e. The van der Waals surface area contributed by atoms with Crippen LogP contribution in [0.2, 0.25) is 0 Å². The van der Waals surface area contributed by atoms with Crippen molar-refractivity contribution in [2.24, 2.45) is 5.73 Å². The molecule has 0 saturated carbocycles. The van der Waals surface area contributed by atoms with Crippen LogP contribution in [0.25, 0.3) is 0 Å². The van der Waals surface area contributed by atoms with Crippen molar-refractivity contribution in [1.82, 2.24) is 5.32 Å². The van der Waals surface area contributed by atoms with E-state index in [4.69, 9.17) is 11.0 Å². The van der Waals surface area contributed by atoms with Crippen LogP contribution in [0, 0.1) is 17.1 Å². The SMILES string of the molecule is N#CCC[C@H](NC(=O)Cc1cccc(F)c1)C(N)=O. The zero-order chi connectivity index (χ0) is 14.3. The van der Waals surface area contributed by atoms with Gasteiger partial charge in [-0.1, -0.05) is 12.1 Å². The number of carbonyl (C=O) groups is 2. The molecule has 5 nitrogen and oxygen atoms in total. The van der Waals surface area contributed by atoms with Crippen molar-refractivity contribution in [2.45, 2.75) is 25.3 Å². The number of benzene rings is 1. The summed E-state index contributed by atoms with van der Waals surface area (Å²) in [4.78, 5) is 22.8. The van der Waals surface area contributed by atoms with Gasteiger partial charge in [-0.25, -0.2) is 4.39 Å². The predicted molar refractivity (Wildman–Crippen MR) is 66.1 cm³/mol. The molecule has 0 unspecified atom stereocenters. The molecule has 19 heavy (non-hydrogen) atoms. The van der Waals surface area contributed by atoms with Crippen molar-refractivity contribution in [3.63, 3.8) is 0 Å². The van der Waals surface area contributed by atoms with Gasteiger partial charge in [0.25, 0.3) is 0 Å². The average molecular weight is 263 g/mol. The van der Waals surface area contributed by atoms with Crippen molar-refractivity contribution < 1.29 is 14.0 Å². The molecule has 0 saturated heterocycles. The van der Waals surface area contributed by atoms with E-state index in [1.807, 2.05) is 6.07 Å². The summed E-state index contributed by atoms with van der Waals surface area (Å²) in [6, 6.07) is 6.63. The van der Waals surface area contributed by atoms with Crippen LogP contribution in [-0.4, -0.2) is 17.9 Å². The van der Waals surface area contributed by atoms with Crippen molar-refractivity contribution >= 4 is 11.8 Å². The number of hydrogen-bond donors (Lipinski definition) is 2. The maximum Gasteiger partial charge on any atom is 0.240 e. The Balaban J connectivity index is 2.58. The van der Waals surface area contributed by atoms with Gasteiger partial charge >= 0.3 is 0 Å². The topological polar surface area (TPSA) is 96.0 Å². The van der Waals surface area contributed by atoms with Crippen LogP contribution in [0.15, 0.2) is 24.3 Å². The molecule has 0 aliphatic rings. The van der Waals surface area contributed by atoms with E-state index in [-0.39, 0.29) is 19.3 Å². The standard InChI is InChI=1S/C13H14FN3O2/c14-10-4-1-3-9(7-10)8-12(18)17-11(13(16)19)5-2-6-15/h1,3-4,7,11H,2,5,8H2,(H2,16,19)(H,17,18)/t11-/m0/s1. The molecular formula is C13H14FN3O2. The number of nitriles is 1. The Labute approximate surface area is 110 Å². The molecule has 3 N–H and O–H groups in total. The van der Waals surface area contributed by atoms with E-state index in [0.717, 1.165) is 0 Å². The van der Waals surface area contributed by atoms with Crippen LogP contribution in [0.5, 0.6) is 0 Å². The van der Waals surface area contributed by atoms with Gasteiger partial charge in [0, 0.05) is 6.42 Å². The molecule has 0 aliphatic carbocycles. The fraction of sp³-hybridized carbons (Fsp3) is 0.308. The van der Waals surface area contributed by atoms with Crippen molar-refractivity contribution in [2.75, 3.05) is 0 Å². The lowest BCUT2D eigenvalue weighted by Crippen LogP contribution is -2.44. The number of nitrogens with two attached hydrogens (primary N) is 1. The Morgan fingerprint density at radius 2 is 2.21 bits per heavy atom. The third kappa shape index (κ3) is 5.17. The summed E-state index contributed by atoms with van der Waals surface area (Å²) in [5.41, 5.74) is 5.62. The molecule has 0 radical (unpaired) electrons. The van der Waals surface area contributed by atoms with E-state index in [1.165, 1.54) is 18.2 Å². The highest BCUT2D eigenvalue weighted by Crippen LogP contribution is 2.05. The molecule has 1 aromatic rings. The minimum absolute atomic E-state index is 0.0475. The quantitative estimate of drug-likeness (QED) is 0.788. The zero-order valence-electron chi connectivity index (χ0n) is 10.2. The minimum atomic E-state index is -0.874. The monoisotopic (exact) mass is 263 g/mol. The number of rotatable bonds is 6. The number of amides is 2. The van der Waals surface area contributed by atoms with Gasteiger partial charge < -0.3 is 11.1 Å². The van der Waals surface area contributed by atoms with Gasteiger partial charge in [-0.2, -0.15) is 5.26 Å². The van der Waals surface area contributed by atoms with E-state index in [0.29, 0.717) is 5.56 Å². The molecule has 6 heteroatoms. The first-order chi connectivity index (χ1) is 9.02. The molecule has 0 aliphatic heterocycles. The first-order valence-electron chi connectivity index (χ1n) is 5.73. The van der Waals surface area contributed by atoms with Crippen LogP contribution in [0.4, 0.5) is 4.39 Å². The van der Waals surface area contributed by atoms with Crippen molar-refractivity contribution in [1.29, 1.82) is 5.26 Å². The summed E-state index contributed by atoms with van der Waals surface area (Å²) in [6.45, 7) is 0. The second-order valence-corrected chi connectivity index (χ2v) is 4.03. The number of nitrogens with one attached hydrogen (secondary N) is 1. The summed E-state index contributed by atoms with van der Waals surface area (Å²) >= 11 is 0. The highest BCUT2D eigenvalue weighted by Gasteiger charge is 2.17. The summed E-state index contributed by atoms with van der Waals surface area (Å²) in [5, 5.41) is 10.9. The Bertz CT molecular complexity index is 511. The van der Waals surface area contributed by atoms with Gasteiger partial charge in [-0.05, 0) is 24.1 Å². The Morgan fingerprint density at radius 3 is 2.79 bits per heavy atom. The normalized spacial score (nSPS) is 11.4. The van der Waals surface area contributed by atoms with E-state index in [2.05, 4.69) is 5.32 Å². The molecule has 0 spiro atoms. The zero-order valence-corrected chi connectivity index (χ0v) is 10.2. The lowest BCUT2D eigenvalue weighted by Gasteiger charge is -2.13. The second kappa shape index (κ2) is 7.11. The third-order valence-electron chi connectivity index (χ3n) is 2.48. The van der Waals surface area contributed by atoms with Gasteiger partial charge in [0.1, 0.15) is 11.9 Å². The molecule has 1 aromatic carbocycles. The average Bonchev–Trinajstić information content (AvgIpc) is 2.34. The molecule has 1 rings (SSSR count). The molecular weight excluding hydrogens is 249 g/mol. The summed E-state index contributed by atoms with van der Waals surface area (Å²) in [6.07, 6.45) is 0.239. The molecule has 0 bridgehead atoms. The number of carbonyl (C=O) groups excluding carboxylic acids is 2. The highest BCUT2D eigenvalue weighted by molar-refractivity contribution is 5.87. The molecule has 100 valence electrons. The second-order valence-electron chi connectivity index (χ2n) is 4.03. The van der Waals surface area contributed by atoms with Gasteiger partial charge in [0.2, 0.25) is 11.8 Å². The summed E-state index contributed by atoms with van der Waals surface area (Å²) in [5.74, 6) is -1.56. The van der Waals surface area contributed by atoms with Crippen LogP contribution in [0.3, 0.4) is 0 Å². The van der Waals surface area contributed by atoms with Crippen molar-refractivity contribution in [3.05, 3.63) is 35.6 Å². The first-order valence-corrected chi connectivity index (χ1v) is 5.73. The maximum absolute atomic E-state index is 12.9. The summed E-state index contributed by atoms with van der Waals surface area (Å²) in [7, 11) is 0. The number of halogens is 1. The van der Waals surface area contributed by atoms with E-state index >= 15 is 0 Å². The minimum Gasteiger partial charge on any atom is -0.368 e. The molecule has 0 aromatic heterocycles. The van der Waals surface area contributed by atoms with Crippen LogP contribution in [0.1, 0.15) is 18.4 Å². The molecule has 0 heterocycles. The molecule has 2 amide bonds. The van der Waals surface area contributed by atoms with E-state index in [1.54, 1.807) is 6.07 Å². The molecule has 0 fully saturated rings. The Morgan fingerprint density at radius 1 is 1.47 bits per heavy atom. The van der Waals surface area contributed by atoms with Crippen molar-refractivity contribution in [3.8, 4) is 6.07 Å². The largest absolute Gasteiger partial charge is 0.368 e. The Hall–Kier alpha value is -2.42. The summed E-state index contributed by atoms with van der Waals surface area (Å²) < 4.78 is 12.9. The van der Waals surface area contributed by atoms with Gasteiger partial charge in [0.15, 0.2) is 0 Å². The van der Waals surface area contributed by atoms with Gasteiger partial charge in [0.05, 0.1) is 12.5 Å². The van der Waals surface area contributed by atoms with Crippen LogP contribution in [-0.2, 0) is 16.0 Å². The van der Waals surface area contributed by atoms with Gasteiger partial charge in [-0.15, -0.1) is 0 Å².